The zero-order valence-electron chi connectivity index (χ0n) is 13.5. The monoisotopic (exact) mass is 336 g/mol. The van der Waals surface area contributed by atoms with Gasteiger partial charge in [-0.15, -0.1) is 0 Å². The molecule has 126 valence electrons. The molecule has 1 fully saturated rings. The number of sulfonamides is 1. The standard InChI is InChI=1S/C17H24N2O3S/c1-13(20)19-11-5-6-14-12-15(9-10-17(14)19)18-23(21,22)16-7-3-2-4-8-16/h9-10,12,16,18H,2-8,11H2,1H3. The molecular weight excluding hydrogens is 312 g/mol. The van der Waals surface area contributed by atoms with Gasteiger partial charge in [-0.3, -0.25) is 9.52 Å². The second-order valence-electron chi connectivity index (χ2n) is 6.52. The molecule has 2 aliphatic rings. The molecule has 1 aromatic carbocycles. The van der Waals surface area contributed by atoms with Crippen molar-refractivity contribution in [2.24, 2.45) is 0 Å². The van der Waals surface area contributed by atoms with Gasteiger partial charge in [-0.1, -0.05) is 19.3 Å². The summed E-state index contributed by atoms with van der Waals surface area (Å²) in [6.45, 7) is 2.30. The van der Waals surface area contributed by atoms with E-state index in [4.69, 9.17) is 0 Å². The zero-order valence-corrected chi connectivity index (χ0v) is 14.4. The van der Waals surface area contributed by atoms with Crippen LogP contribution in [0.1, 0.15) is 51.0 Å². The lowest BCUT2D eigenvalue weighted by atomic mass is 10.0. The molecule has 0 radical (unpaired) electrons. The third kappa shape index (κ3) is 3.52. The van der Waals surface area contributed by atoms with Crippen LogP contribution in [-0.2, 0) is 21.2 Å². The minimum atomic E-state index is -3.32. The first kappa shape index (κ1) is 16.3. The third-order valence-corrected chi connectivity index (χ3v) is 6.70. The van der Waals surface area contributed by atoms with Crippen LogP contribution in [0.25, 0.3) is 0 Å². The Labute approximate surface area is 138 Å². The minimum Gasteiger partial charge on any atom is -0.312 e. The summed E-state index contributed by atoms with van der Waals surface area (Å²) < 4.78 is 27.8. The number of rotatable bonds is 3. The van der Waals surface area contributed by atoms with Crippen molar-refractivity contribution in [3.05, 3.63) is 23.8 Å². The van der Waals surface area contributed by atoms with Crippen LogP contribution in [0.3, 0.4) is 0 Å². The molecule has 0 spiro atoms. The van der Waals surface area contributed by atoms with Gasteiger partial charge in [0.15, 0.2) is 0 Å². The molecule has 6 heteroatoms. The number of nitrogens with one attached hydrogen (secondary N) is 1. The van der Waals surface area contributed by atoms with E-state index >= 15 is 0 Å². The number of hydrogen-bond acceptors (Lipinski definition) is 3. The third-order valence-electron chi connectivity index (χ3n) is 4.83. The largest absolute Gasteiger partial charge is 0.312 e. The van der Waals surface area contributed by atoms with Crippen molar-refractivity contribution in [1.29, 1.82) is 0 Å². The molecule has 0 atom stereocenters. The molecule has 5 nitrogen and oxygen atoms in total. The van der Waals surface area contributed by atoms with E-state index in [1.54, 1.807) is 17.9 Å². The van der Waals surface area contributed by atoms with Crippen LogP contribution in [0.15, 0.2) is 18.2 Å². The summed E-state index contributed by atoms with van der Waals surface area (Å²) in [6.07, 6.45) is 6.39. The maximum atomic E-state index is 12.5. The molecule has 3 rings (SSSR count). The molecule has 1 amide bonds. The Morgan fingerprint density at radius 3 is 2.61 bits per heavy atom. The van der Waals surface area contributed by atoms with Crippen LogP contribution in [0.2, 0.25) is 0 Å². The fourth-order valence-corrected chi connectivity index (χ4v) is 5.19. The summed E-state index contributed by atoms with van der Waals surface area (Å²) >= 11 is 0. The maximum Gasteiger partial charge on any atom is 0.235 e. The van der Waals surface area contributed by atoms with Gasteiger partial charge >= 0.3 is 0 Å². The van der Waals surface area contributed by atoms with E-state index in [9.17, 15) is 13.2 Å². The summed E-state index contributed by atoms with van der Waals surface area (Å²) in [5.41, 5.74) is 2.55. The number of hydrogen-bond donors (Lipinski definition) is 1. The first-order valence-electron chi connectivity index (χ1n) is 8.40. The van der Waals surface area contributed by atoms with Gasteiger partial charge in [-0.2, -0.15) is 0 Å². The average molecular weight is 336 g/mol. The van der Waals surface area contributed by atoms with Crippen molar-refractivity contribution in [1.82, 2.24) is 0 Å². The number of benzene rings is 1. The quantitative estimate of drug-likeness (QED) is 0.922. The van der Waals surface area contributed by atoms with Crippen LogP contribution in [0, 0.1) is 0 Å². The van der Waals surface area contributed by atoms with E-state index in [1.165, 1.54) is 0 Å². The summed E-state index contributed by atoms with van der Waals surface area (Å²) in [6, 6.07) is 5.50. The molecule has 0 unspecified atom stereocenters. The molecule has 1 heterocycles. The molecule has 1 N–H and O–H groups in total. The van der Waals surface area contributed by atoms with Crippen LogP contribution in [-0.4, -0.2) is 26.1 Å². The second-order valence-corrected chi connectivity index (χ2v) is 8.49. The second kappa shape index (κ2) is 6.51. The summed E-state index contributed by atoms with van der Waals surface area (Å²) in [5, 5.41) is -0.277. The van der Waals surface area contributed by atoms with E-state index < -0.39 is 10.0 Å². The van der Waals surface area contributed by atoms with E-state index in [2.05, 4.69) is 4.72 Å². The summed E-state index contributed by atoms with van der Waals surface area (Å²) in [5.74, 6) is 0.0292. The maximum absolute atomic E-state index is 12.5. The van der Waals surface area contributed by atoms with E-state index in [0.717, 1.165) is 62.7 Å². The van der Waals surface area contributed by atoms with Crippen molar-refractivity contribution >= 4 is 27.3 Å². The average Bonchev–Trinajstić information content (AvgIpc) is 2.54. The lowest BCUT2D eigenvalue weighted by Gasteiger charge is -2.29. The number of carbonyl (C=O) groups excluding carboxylic acids is 1. The summed E-state index contributed by atoms with van der Waals surface area (Å²) in [7, 11) is -3.32. The lowest BCUT2D eigenvalue weighted by molar-refractivity contribution is -0.116. The van der Waals surface area contributed by atoms with E-state index in [1.807, 2.05) is 12.1 Å². The van der Waals surface area contributed by atoms with Gasteiger partial charge in [-0.25, -0.2) is 8.42 Å². The van der Waals surface area contributed by atoms with Crippen molar-refractivity contribution in [2.75, 3.05) is 16.2 Å². The van der Waals surface area contributed by atoms with E-state index in [-0.39, 0.29) is 11.2 Å². The van der Waals surface area contributed by atoms with Crippen LogP contribution >= 0.6 is 0 Å². The van der Waals surface area contributed by atoms with E-state index in [0.29, 0.717) is 5.69 Å². The highest BCUT2D eigenvalue weighted by atomic mass is 32.2. The van der Waals surface area contributed by atoms with Crippen molar-refractivity contribution in [3.63, 3.8) is 0 Å². The molecule has 1 aromatic rings. The molecular formula is C17H24N2O3S. The smallest absolute Gasteiger partial charge is 0.235 e. The SMILES string of the molecule is CC(=O)N1CCCc2cc(NS(=O)(=O)C3CCCCC3)ccc21. The normalized spacial score (nSPS) is 19.3. The number of aryl methyl sites for hydroxylation is 1. The molecule has 0 bridgehead atoms. The highest BCUT2D eigenvalue weighted by Crippen LogP contribution is 2.31. The number of anilines is 2. The van der Waals surface area contributed by atoms with Crippen molar-refractivity contribution in [2.45, 2.75) is 57.1 Å². The first-order chi connectivity index (χ1) is 11.0. The van der Waals surface area contributed by atoms with Crippen molar-refractivity contribution < 1.29 is 13.2 Å². The van der Waals surface area contributed by atoms with Gasteiger partial charge in [0, 0.05) is 24.8 Å². The fourth-order valence-electron chi connectivity index (χ4n) is 3.61. The first-order valence-corrected chi connectivity index (χ1v) is 9.95. The van der Waals surface area contributed by atoms with Gasteiger partial charge in [0.1, 0.15) is 0 Å². The number of carbonyl (C=O) groups is 1. The van der Waals surface area contributed by atoms with Gasteiger partial charge in [0.25, 0.3) is 0 Å². The Kier molecular flexibility index (Phi) is 4.62. The Morgan fingerprint density at radius 1 is 1.17 bits per heavy atom. The van der Waals surface area contributed by atoms with Crippen LogP contribution < -0.4 is 9.62 Å². The van der Waals surface area contributed by atoms with Gasteiger partial charge in [0.2, 0.25) is 15.9 Å². The predicted molar refractivity (Wildman–Crippen MR) is 92.2 cm³/mol. The van der Waals surface area contributed by atoms with Gasteiger partial charge in [-0.05, 0) is 49.4 Å². The van der Waals surface area contributed by atoms with Gasteiger partial charge < -0.3 is 4.90 Å². The Morgan fingerprint density at radius 2 is 1.91 bits per heavy atom. The topological polar surface area (TPSA) is 66.5 Å². The number of amides is 1. The Hall–Kier alpha value is -1.56. The van der Waals surface area contributed by atoms with Crippen molar-refractivity contribution in [3.8, 4) is 0 Å². The van der Waals surface area contributed by atoms with Crippen LogP contribution in [0.5, 0.6) is 0 Å². The number of nitrogens with zero attached hydrogens (tertiary/aromatic N) is 1. The number of fused-ring (bicyclic) bond motifs is 1. The fraction of sp³-hybridized carbons (Fsp3) is 0.588. The summed E-state index contributed by atoms with van der Waals surface area (Å²) in [4.78, 5) is 13.5. The highest BCUT2D eigenvalue weighted by Gasteiger charge is 2.28. The minimum absolute atomic E-state index is 0.0292. The highest BCUT2D eigenvalue weighted by molar-refractivity contribution is 7.93. The molecule has 1 saturated carbocycles. The van der Waals surface area contributed by atoms with Gasteiger partial charge in [0.05, 0.1) is 5.25 Å². The molecule has 1 aliphatic heterocycles. The molecule has 1 aliphatic carbocycles. The lowest BCUT2D eigenvalue weighted by Crippen LogP contribution is -2.33. The van der Waals surface area contributed by atoms with Crippen LogP contribution in [0.4, 0.5) is 11.4 Å². The molecule has 0 saturated heterocycles. The Bertz CT molecular complexity index is 694. The predicted octanol–water partition coefficient (Wildman–Crippen LogP) is 3.06. The zero-order chi connectivity index (χ0) is 16.4. The Balaban J connectivity index is 1.80. The molecule has 0 aromatic heterocycles. The molecule has 23 heavy (non-hydrogen) atoms.